The molecule has 0 saturated heterocycles. The number of hydrogen-bond donors (Lipinski definition) is 1. The highest BCUT2D eigenvalue weighted by Gasteiger charge is 2.44. The van der Waals surface area contributed by atoms with E-state index in [2.05, 4.69) is 17.0 Å². The molecule has 1 aromatic heterocycles. The topological polar surface area (TPSA) is 25.0 Å². The maximum absolute atomic E-state index is 5.63. The van der Waals surface area contributed by atoms with Gasteiger partial charge in [-0.2, -0.15) is 0 Å². The number of nitrogens with one attached hydrogen (secondary N) is 1. The van der Waals surface area contributed by atoms with E-state index in [0.29, 0.717) is 0 Å². The van der Waals surface area contributed by atoms with Crippen molar-refractivity contribution in [3.05, 3.63) is 30.0 Å². The quantitative estimate of drug-likeness (QED) is 0.759. The minimum absolute atomic E-state index is 0.0232. The van der Waals surface area contributed by atoms with Crippen molar-refractivity contribution in [2.75, 3.05) is 7.11 Å². The van der Waals surface area contributed by atoms with Crippen LogP contribution in [0.15, 0.2) is 24.4 Å². The van der Waals surface area contributed by atoms with Gasteiger partial charge in [0.2, 0.25) is 0 Å². The van der Waals surface area contributed by atoms with Gasteiger partial charge in [0.25, 0.3) is 0 Å². The van der Waals surface area contributed by atoms with Gasteiger partial charge < -0.3 is 9.72 Å². The van der Waals surface area contributed by atoms with E-state index >= 15 is 0 Å². The second kappa shape index (κ2) is 3.05. The molecule has 80 valence electrons. The minimum atomic E-state index is -0.0232. The van der Waals surface area contributed by atoms with Gasteiger partial charge >= 0.3 is 0 Å². The number of terminal acetylenes is 1. The average molecular weight is 211 g/mol. The molecule has 0 bridgehead atoms. The van der Waals surface area contributed by atoms with E-state index in [1.807, 2.05) is 18.3 Å². The molecule has 16 heavy (non-hydrogen) atoms. The van der Waals surface area contributed by atoms with E-state index in [0.717, 1.165) is 24.1 Å². The number of ether oxygens (including phenoxy) is 1. The molecule has 1 aliphatic rings. The lowest BCUT2D eigenvalue weighted by molar-refractivity contribution is 0.415. The zero-order valence-electron chi connectivity index (χ0n) is 9.21. The molecule has 2 nitrogen and oxygen atoms in total. The Kier molecular flexibility index (Phi) is 1.79. The second-order valence-electron chi connectivity index (χ2n) is 4.34. The fraction of sp³-hybridized carbons (Fsp3) is 0.286. The molecular weight excluding hydrogens is 198 g/mol. The number of fused-ring (bicyclic) bond motifs is 1. The third-order valence-electron chi connectivity index (χ3n) is 3.43. The smallest absolute Gasteiger partial charge is 0.119 e. The van der Waals surface area contributed by atoms with Crippen molar-refractivity contribution >= 4 is 10.9 Å². The van der Waals surface area contributed by atoms with Crippen LogP contribution in [-0.4, -0.2) is 12.1 Å². The summed E-state index contributed by atoms with van der Waals surface area (Å²) >= 11 is 0. The van der Waals surface area contributed by atoms with E-state index < -0.39 is 0 Å². The third kappa shape index (κ3) is 1.15. The molecule has 0 spiro atoms. The Bertz CT molecular complexity index is 584. The molecule has 2 aromatic rings. The van der Waals surface area contributed by atoms with Crippen LogP contribution in [0.3, 0.4) is 0 Å². The first-order valence-corrected chi connectivity index (χ1v) is 5.42. The molecule has 1 fully saturated rings. The van der Waals surface area contributed by atoms with Crippen molar-refractivity contribution in [2.45, 2.75) is 18.3 Å². The summed E-state index contributed by atoms with van der Waals surface area (Å²) in [6.07, 6.45) is 9.85. The number of H-pyrrole nitrogens is 1. The first-order chi connectivity index (χ1) is 7.79. The summed E-state index contributed by atoms with van der Waals surface area (Å²) in [4.78, 5) is 3.27. The average Bonchev–Trinajstić information content (AvgIpc) is 3.02. The fourth-order valence-electron chi connectivity index (χ4n) is 2.24. The van der Waals surface area contributed by atoms with Gasteiger partial charge in [-0.3, -0.25) is 0 Å². The molecule has 3 rings (SSSR count). The Morgan fingerprint density at radius 3 is 2.88 bits per heavy atom. The summed E-state index contributed by atoms with van der Waals surface area (Å²) in [5.74, 6) is 3.80. The Labute approximate surface area is 94.6 Å². The van der Waals surface area contributed by atoms with Crippen molar-refractivity contribution in [1.82, 2.24) is 4.98 Å². The standard InChI is InChI=1S/C14H13NO/c1-3-14(6-7-14)12-9-15-13-5-4-10(16-2)8-11(12)13/h1,4-5,8-9,15H,6-7H2,2H3. The van der Waals surface area contributed by atoms with Gasteiger partial charge in [-0.25, -0.2) is 0 Å². The summed E-state index contributed by atoms with van der Waals surface area (Å²) in [5, 5.41) is 1.19. The lowest BCUT2D eigenvalue weighted by atomic mass is 9.96. The number of rotatable bonds is 2. The van der Waals surface area contributed by atoms with Gasteiger partial charge in [-0.1, -0.05) is 5.92 Å². The van der Waals surface area contributed by atoms with Gasteiger partial charge in [0.15, 0.2) is 0 Å². The van der Waals surface area contributed by atoms with Gasteiger partial charge in [-0.05, 0) is 36.6 Å². The summed E-state index contributed by atoms with van der Waals surface area (Å²) in [5.41, 5.74) is 2.34. The lowest BCUT2D eigenvalue weighted by Crippen LogP contribution is -2.00. The second-order valence-corrected chi connectivity index (χ2v) is 4.34. The maximum atomic E-state index is 5.63. The Morgan fingerprint density at radius 1 is 1.44 bits per heavy atom. The number of methoxy groups -OCH3 is 1. The van der Waals surface area contributed by atoms with Gasteiger partial charge in [0.1, 0.15) is 5.75 Å². The van der Waals surface area contributed by atoms with E-state index in [4.69, 9.17) is 11.2 Å². The fourth-order valence-corrected chi connectivity index (χ4v) is 2.24. The molecule has 0 amide bonds. The number of benzene rings is 1. The third-order valence-corrected chi connectivity index (χ3v) is 3.43. The first kappa shape index (κ1) is 9.35. The zero-order valence-corrected chi connectivity index (χ0v) is 9.21. The highest BCUT2D eigenvalue weighted by molar-refractivity contribution is 5.86. The number of aromatic nitrogens is 1. The SMILES string of the molecule is C#CC1(c2c[nH]c3ccc(OC)cc23)CC1. The Balaban J connectivity index is 2.23. The highest BCUT2D eigenvalue weighted by atomic mass is 16.5. The number of hydrogen-bond acceptors (Lipinski definition) is 1. The van der Waals surface area contributed by atoms with Crippen molar-refractivity contribution in [1.29, 1.82) is 0 Å². The normalized spacial score (nSPS) is 17.0. The van der Waals surface area contributed by atoms with Crippen molar-refractivity contribution in [3.8, 4) is 18.1 Å². The molecule has 2 heteroatoms. The number of aromatic amines is 1. The van der Waals surface area contributed by atoms with E-state index in [9.17, 15) is 0 Å². The van der Waals surface area contributed by atoms with Crippen LogP contribution in [0.2, 0.25) is 0 Å². The molecule has 1 aliphatic carbocycles. The van der Waals surface area contributed by atoms with Crippen LogP contribution < -0.4 is 4.74 Å². The highest BCUT2D eigenvalue weighted by Crippen LogP contribution is 2.50. The molecule has 1 aromatic carbocycles. The summed E-state index contributed by atoms with van der Waals surface area (Å²) in [6.45, 7) is 0. The van der Waals surface area contributed by atoms with Crippen LogP contribution in [0.4, 0.5) is 0 Å². The van der Waals surface area contributed by atoms with E-state index in [-0.39, 0.29) is 5.41 Å². The van der Waals surface area contributed by atoms with Crippen LogP contribution >= 0.6 is 0 Å². The minimum Gasteiger partial charge on any atom is -0.497 e. The largest absolute Gasteiger partial charge is 0.497 e. The van der Waals surface area contributed by atoms with Crippen molar-refractivity contribution in [3.63, 3.8) is 0 Å². The van der Waals surface area contributed by atoms with Gasteiger partial charge in [0.05, 0.1) is 12.5 Å². The Hall–Kier alpha value is -1.88. The van der Waals surface area contributed by atoms with Crippen LogP contribution in [0.1, 0.15) is 18.4 Å². The van der Waals surface area contributed by atoms with E-state index in [1.54, 1.807) is 7.11 Å². The van der Waals surface area contributed by atoms with Crippen molar-refractivity contribution in [2.24, 2.45) is 0 Å². The molecule has 1 N–H and O–H groups in total. The maximum Gasteiger partial charge on any atom is 0.119 e. The van der Waals surface area contributed by atoms with Crippen molar-refractivity contribution < 1.29 is 4.74 Å². The first-order valence-electron chi connectivity index (χ1n) is 5.42. The van der Waals surface area contributed by atoms with Crippen LogP contribution in [-0.2, 0) is 5.41 Å². The molecule has 1 saturated carbocycles. The van der Waals surface area contributed by atoms with Crippen LogP contribution in [0, 0.1) is 12.3 Å². The molecule has 0 radical (unpaired) electrons. The molecule has 0 aliphatic heterocycles. The van der Waals surface area contributed by atoms with Gasteiger partial charge in [0, 0.05) is 17.1 Å². The molecule has 0 unspecified atom stereocenters. The predicted molar refractivity (Wildman–Crippen MR) is 64.6 cm³/mol. The summed E-state index contributed by atoms with van der Waals surface area (Å²) < 4.78 is 5.25. The monoisotopic (exact) mass is 211 g/mol. The van der Waals surface area contributed by atoms with Crippen LogP contribution in [0.25, 0.3) is 10.9 Å². The molecular formula is C14H13NO. The van der Waals surface area contributed by atoms with E-state index in [1.165, 1.54) is 10.9 Å². The summed E-state index contributed by atoms with van der Waals surface area (Å²) in [6, 6.07) is 6.04. The predicted octanol–water partition coefficient (Wildman–Crippen LogP) is 2.84. The summed E-state index contributed by atoms with van der Waals surface area (Å²) in [7, 11) is 1.68. The van der Waals surface area contributed by atoms with Gasteiger partial charge in [-0.15, -0.1) is 6.42 Å². The Morgan fingerprint density at radius 2 is 2.25 bits per heavy atom. The van der Waals surface area contributed by atoms with Crippen LogP contribution in [0.5, 0.6) is 5.75 Å². The molecule has 0 atom stereocenters. The molecule has 1 heterocycles. The lowest BCUT2D eigenvalue weighted by Gasteiger charge is -2.06. The zero-order chi connectivity index (χ0) is 11.2.